The number of carbonyl (C=O) groups is 1. The normalized spacial score (nSPS) is 14.2. The van der Waals surface area contributed by atoms with Crippen molar-refractivity contribution in [2.24, 2.45) is 0 Å². The van der Waals surface area contributed by atoms with E-state index in [-0.39, 0.29) is 19.1 Å². The number of allylic oxidation sites excluding steroid dienone is 7. The van der Waals surface area contributed by atoms with Crippen molar-refractivity contribution < 1.29 is 32.9 Å². The number of amides is 1. The van der Waals surface area contributed by atoms with Crippen LogP contribution < -0.4 is 5.32 Å². The molecule has 0 aromatic carbocycles. The predicted molar refractivity (Wildman–Crippen MR) is 304 cm³/mol. The molecule has 3 unspecified atom stereocenters. The van der Waals surface area contributed by atoms with E-state index in [0.29, 0.717) is 17.4 Å². The fraction of sp³-hybridized carbons (Fsp3) is 0.852. The minimum Gasteiger partial charge on any atom is -0.387 e. The zero-order chi connectivity index (χ0) is 51.3. The third kappa shape index (κ3) is 54.2. The van der Waals surface area contributed by atoms with Gasteiger partial charge in [-0.15, -0.1) is 0 Å². The molecule has 0 bridgehead atoms. The summed E-state index contributed by atoms with van der Waals surface area (Å²) in [7, 11) is 1.58. The van der Waals surface area contributed by atoms with E-state index in [1.165, 1.54) is 212 Å². The Kier molecular flexibility index (Phi) is 51.2. The largest absolute Gasteiger partial charge is 0.472 e. The Morgan fingerprint density at radius 3 is 1.19 bits per heavy atom. The minimum absolute atomic E-state index is 0.0619. The summed E-state index contributed by atoms with van der Waals surface area (Å²) in [6.07, 6.45) is 69.3. The first-order chi connectivity index (χ1) is 34.0. The molecule has 0 spiro atoms. The number of carbonyl (C=O) groups excluding carboxylic acids is 1. The molecule has 0 rings (SSSR count). The molecule has 1 amide bonds. The van der Waals surface area contributed by atoms with E-state index in [9.17, 15) is 19.4 Å². The monoisotopic (exact) mass is 1010 g/mol. The third-order valence-electron chi connectivity index (χ3n) is 13.5. The number of aliphatic hydroxyl groups excluding tert-OH is 1. The first-order valence-electron chi connectivity index (χ1n) is 30.0. The molecule has 3 N–H and O–H groups in total. The van der Waals surface area contributed by atoms with Gasteiger partial charge < -0.3 is 19.8 Å². The van der Waals surface area contributed by atoms with Gasteiger partial charge in [-0.1, -0.05) is 268 Å². The number of phosphoric acid groups is 1. The van der Waals surface area contributed by atoms with Crippen molar-refractivity contribution >= 4 is 13.7 Å². The maximum atomic E-state index is 13.0. The van der Waals surface area contributed by atoms with Gasteiger partial charge in [-0.2, -0.15) is 0 Å². The number of nitrogens with one attached hydrogen (secondary N) is 1. The summed E-state index contributed by atoms with van der Waals surface area (Å²) >= 11 is 0. The third-order valence-corrected chi connectivity index (χ3v) is 14.5. The van der Waals surface area contributed by atoms with Crippen molar-refractivity contribution in [2.45, 2.75) is 296 Å². The lowest BCUT2D eigenvalue weighted by Gasteiger charge is -2.25. The van der Waals surface area contributed by atoms with Gasteiger partial charge in [-0.25, -0.2) is 4.57 Å². The Morgan fingerprint density at radius 1 is 0.486 bits per heavy atom. The first kappa shape index (κ1) is 68.5. The second-order valence-electron chi connectivity index (χ2n) is 21.7. The number of rotatable bonds is 55. The fourth-order valence-electron chi connectivity index (χ4n) is 8.82. The highest BCUT2D eigenvalue weighted by Gasteiger charge is 2.27. The van der Waals surface area contributed by atoms with Crippen molar-refractivity contribution in [1.82, 2.24) is 5.32 Å². The molecular formula is C61H118N2O6P+. The Hall–Kier alpha value is -1.54. The highest BCUT2D eigenvalue weighted by Crippen LogP contribution is 2.43. The summed E-state index contributed by atoms with van der Waals surface area (Å²) in [5.74, 6) is -0.175. The molecule has 70 heavy (non-hydrogen) atoms. The van der Waals surface area contributed by atoms with Crippen LogP contribution in [0.5, 0.6) is 0 Å². The van der Waals surface area contributed by atoms with Crippen molar-refractivity contribution in [1.29, 1.82) is 0 Å². The summed E-state index contributed by atoms with van der Waals surface area (Å²) < 4.78 is 23.7. The van der Waals surface area contributed by atoms with Crippen LogP contribution in [0.1, 0.15) is 284 Å². The summed E-state index contributed by atoms with van der Waals surface area (Å²) in [5, 5.41) is 13.9. The van der Waals surface area contributed by atoms with Crippen LogP contribution in [0.3, 0.4) is 0 Å². The summed E-state index contributed by atoms with van der Waals surface area (Å²) in [6.45, 7) is 4.83. The Bertz CT molecular complexity index is 1280. The number of likely N-dealkylation sites (N-methyl/N-ethyl adjacent to an activating group) is 1. The molecule has 9 heteroatoms. The minimum atomic E-state index is -4.35. The Labute approximate surface area is 435 Å². The van der Waals surface area contributed by atoms with E-state index in [0.717, 1.165) is 51.4 Å². The molecular weight excluding hydrogens is 888 g/mol. The number of hydrogen-bond donors (Lipinski definition) is 3. The summed E-state index contributed by atoms with van der Waals surface area (Å²) in [4.78, 5) is 23.3. The van der Waals surface area contributed by atoms with Gasteiger partial charge in [0.05, 0.1) is 39.9 Å². The van der Waals surface area contributed by atoms with Gasteiger partial charge in [0.25, 0.3) is 0 Å². The average molecular weight is 1010 g/mol. The number of aliphatic hydroxyl groups is 1. The van der Waals surface area contributed by atoms with E-state index in [1.807, 2.05) is 27.2 Å². The average Bonchev–Trinajstić information content (AvgIpc) is 3.32. The van der Waals surface area contributed by atoms with Crippen molar-refractivity contribution in [3.8, 4) is 0 Å². The van der Waals surface area contributed by atoms with Crippen molar-refractivity contribution in [2.75, 3.05) is 40.9 Å². The van der Waals surface area contributed by atoms with Crippen molar-refractivity contribution in [3.05, 3.63) is 48.6 Å². The van der Waals surface area contributed by atoms with Crippen LogP contribution >= 0.6 is 7.82 Å². The molecule has 0 fully saturated rings. The molecule has 0 saturated carbocycles. The summed E-state index contributed by atoms with van der Waals surface area (Å²) in [6, 6.07) is -0.847. The molecule has 0 heterocycles. The zero-order valence-corrected chi connectivity index (χ0v) is 47.9. The Balaban J connectivity index is 4.10. The zero-order valence-electron chi connectivity index (χ0n) is 47.0. The van der Waals surface area contributed by atoms with Crippen molar-refractivity contribution in [3.63, 3.8) is 0 Å². The number of phosphoric ester groups is 1. The van der Waals surface area contributed by atoms with Crippen LogP contribution in [0.4, 0.5) is 0 Å². The van der Waals surface area contributed by atoms with Gasteiger partial charge in [0.15, 0.2) is 0 Å². The second-order valence-corrected chi connectivity index (χ2v) is 23.2. The molecule has 3 atom stereocenters. The Morgan fingerprint density at radius 2 is 0.814 bits per heavy atom. The number of hydrogen-bond acceptors (Lipinski definition) is 5. The first-order valence-corrected chi connectivity index (χ1v) is 31.5. The van der Waals surface area contributed by atoms with Crippen LogP contribution in [0, 0.1) is 0 Å². The SMILES string of the molecule is CCCCCCC/C=C\C/C=C\C/C=C\CCCCCCCCCCCCCCCCCCC(=O)NC(COP(=O)(O)OCC[N+](C)(C)C)C(O)/C=C/CCCCCCCCCCCCCCCCC. The highest BCUT2D eigenvalue weighted by molar-refractivity contribution is 7.47. The molecule has 0 aliphatic rings. The maximum Gasteiger partial charge on any atom is 0.472 e. The van der Waals surface area contributed by atoms with Gasteiger partial charge in [0, 0.05) is 6.42 Å². The van der Waals surface area contributed by atoms with Gasteiger partial charge in [0.1, 0.15) is 13.2 Å². The van der Waals surface area contributed by atoms with Crippen LogP contribution in [-0.4, -0.2) is 73.4 Å². The highest BCUT2D eigenvalue weighted by atomic mass is 31.2. The van der Waals surface area contributed by atoms with E-state index >= 15 is 0 Å². The lowest BCUT2D eigenvalue weighted by Crippen LogP contribution is -2.45. The van der Waals surface area contributed by atoms with Gasteiger partial charge in [-0.05, 0) is 57.8 Å². The van der Waals surface area contributed by atoms with Crippen LogP contribution in [0.25, 0.3) is 0 Å². The topological polar surface area (TPSA) is 105 Å². The fourth-order valence-corrected chi connectivity index (χ4v) is 9.55. The molecule has 0 aromatic heterocycles. The molecule has 8 nitrogen and oxygen atoms in total. The lowest BCUT2D eigenvalue weighted by molar-refractivity contribution is -0.870. The quantitative estimate of drug-likeness (QED) is 0.0243. The maximum absolute atomic E-state index is 13.0. The van der Waals surface area contributed by atoms with E-state index in [4.69, 9.17) is 9.05 Å². The summed E-state index contributed by atoms with van der Waals surface area (Å²) in [5.41, 5.74) is 0. The van der Waals surface area contributed by atoms with E-state index in [2.05, 4.69) is 55.6 Å². The number of nitrogens with zero attached hydrogens (tertiary/aromatic N) is 1. The van der Waals surface area contributed by atoms with Crippen LogP contribution in [0.15, 0.2) is 48.6 Å². The number of unbranched alkanes of at least 4 members (excludes halogenated alkanes) is 36. The smallest absolute Gasteiger partial charge is 0.387 e. The van der Waals surface area contributed by atoms with E-state index < -0.39 is 20.0 Å². The molecule has 0 aliphatic heterocycles. The molecule has 0 aromatic rings. The lowest BCUT2D eigenvalue weighted by atomic mass is 10.0. The van der Waals surface area contributed by atoms with Gasteiger partial charge in [-0.3, -0.25) is 13.8 Å². The molecule has 0 saturated heterocycles. The second kappa shape index (κ2) is 52.3. The number of quaternary nitrogens is 1. The van der Waals surface area contributed by atoms with Gasteiger partial charge in [0.2, 0.25) is 5.91 Å². The molecule has 0 aliphatic carbocycles. The molecule has 0 radical (unpaired) electrons. The van der Waals surface area contributed by atoms with E-state index in [1.54, 1.807) is 6.08 Å². The van der Waals surface area contributed by atoms with Crippen LogP contribution in [-0.2, 0) is 18.4 Å². The van der Waals surface area contributed by atoms with Crippen LogP contribution in [0.2, 0.25) is 0 Å². The molecule has 412 valence electrons. The predicted octanol–water partition coefficient (Wildman–Crippen LogP) is 18.3. The standard InChI is InChI=1S/C61H117N2O6P/c1-6-8-10-12-14-16-18-20-22-24-25-26-27-28-29-30-31-32-33-34-35-36-37-39-41-43-45-47-49-51-53-55-61(65)62-59(58-69-70(66,67)68-57-56-63(3,4)5)60(64)54-52-50-48-46-44-42-40-38-23-21-19-17-15-13-11-9-7-2/h18,20,24-25,27-28,52,54,59-60,64H,6-17,19,21-23,26,29-51,53,55-58H2,1-5H3,(H-,62,65,66,67)/p+1/b20-18-,25-24-,28-27-,54-52+. The van der Waals surface area contributed by atoms with Gasteiger partial charge >= 0.3 is 7.82 Å².